The second-order valence-electron chi connectivity index (χ2n) is 6.83. The van der Waals surface area contributed by atoms with Gasteiger partial charge in [-0.1, -0.05) is 19.9 Å². The van der Waals surface area contributed by atoms with Crippen molar-refractivity contribution < 1.29 is 13.2 Å². The molecule has 1 amide bonds. The number of amides is 1. The van der Waals surface area contributed by atoms with Crippen molar-refractivity contribution in [2.24, 2.45) is 5.92 Å². The summed E-state index contributed by atoms with van der Waals surface area (Å²) in [5.74, 6) is 0.569. The van der Waals surface area contributed by atoms with Gasteiger partial charge in [0, 0.05) is 6.54 Å². The van der Waals surface area contributed by atoms with E-state index in [1.54, 1.807) is 22.1 Å². The number of rotatable bonds is 6. The van der Waals surface area contributed by atoms with Gasteiger partial charge in [0.15, 0.2) is 15.5 Å². The topological polar surface area (TPSA) is 81.1 Å². The number of hydrogen-bond donors (Lipinski definition) is 1. The average Bonchev–Trinajstić information content (AvgIpc) is 3.24. The number of nitrogens with zero attached hydrogens (tertiary/aromatic N) is 2. The fraction of sp³-hybridized carbons (Fsp3) is 0.529. The first kappa shape index (κ1) is 18.1. The lowest BCUT2D eigenvalue weighted by Gasteiger charge is -2.12. The molecule has 2 aromatic heterocycles. The van der Waals surface area contributed by atoms with Crippen molar-refractivity contribution in [2.75, 3.05) is 18.1 Å². The number of nitrogens with one attached hydrogen (secondary N) is 1. The Kier molecular flexibility index (Phi) is 5.29. The molecule has 1 atom stereocenters. The predicted molar refractivity (Wildman–Crippen MR) is 99.6 cm³/mol. The molecule has 136 valence electrons. The van der Waals surface area contributed by atoms with Crippen molar-refractivity contribution >= 4 is 27.1 Å². The molecule has 0 aromatic carbocycles. The highest BCUT2D eigenvalue weighted by Crippen LogP contribution is 2.32. The summed E-state index contributed by atoms with van der Waals surface area (Å²) >= 11 is 1.55. The maximum absolute atomic E-state index is 12.4. The molecule has 1 aliphatic heterocycles. The van der Waals surface area contributed by atoms with E-state index in [1.807, 2.05) is 17.5 Å². The molecule has 1 aliphatic rings. The first-order chi connectivity index (χ1) is 11.9. The van der Waals surface area contributed by atoms with Gasteiger partial charge in [0.2, 0.25) is 0 Å². The van der Waals surface area contributed by atoms with Gasteiger partial charge in [0.25, 0.3) is 5.91 Å². The van der Waals surface area contributed by atoms with Crippen molar-refractivity contribution in [3.63, 3.8) is 0 Å². The monoisotopic (exact) mass is 381 g/mol. The van der Waals surface area contributed by atoms with E-state index in [2.05, 4.69) is 24.3 Å². The van der Waals surface area contributed by atoms with Crippen LogP contribution in [0.4, 0.5) is 0 Å². The number of sulfone groups is 1. The quantitative estimate of drug-likeness (QED) is 0.834. The molecule has 1 N–H and O–H groups in total. The van der Waals surface area contributed by atoms with Crippen LogP contribution in [0.2, 0.25) is 0 Å². The van der Waals surface area contributed by atoms with E-state index < -0.39 is 9.84 Å². The van der Waals surface area contributed by atoms with E-state index in [9.17, 15) is 13.2 Å². The van der Waals surface area contributed by atoms with Crippen LogP contribution in [0, 0.1) is 5.92 Å². The van der Waals surface area contributed by atoms with Gasteiger partial charge in [-0.25, -0.2) is 8.42 Å². The third-order valence-electron chi connectivity index (χ3n) is 4.30. The van der Waals surface area contributed by atoms with Crippen LogP contribution in [0.15, 0.2) is 23.6 Å². The number of hydrogen-bond acceptors (Lipinski definition) is 5. The molecule has 1 fully saturated rings. The molecule has 0 unspecified atom stereocenters. The van der Waals surface area contributed by atoms with Crippen molar-refractivity contribution in [3.05, 3.63) is 29.3 Å². The zero-order chi connectivity index (χ0) is 18.0. The minimum absolute atomic E-state index is 0.0848. The van der Waals surface area contributed by atoms with Gasteiger partial charge in [-0.2, -0.15) is 5.10 Å². The first-order valence-corrected chi connectivity index (χ1v) is 11.2. The molecule has 1 saturated heterocycles. The number of thiophene rings is 1. The Morgan fingerprint density at radius 3 is 2.88 bits per heavy atom. The highest BCUT2D eigenvalue weighted by Gasteiger charge is 2.32. The lowest BCUT2D eigenvalue weighted by atomic mass is 10.1. The van der Waals surface area contributed by atoms with E-state index in [1.165, 1.54) is 0 Å². The molecule has 25 heavy (non-hydrogen) atoms. The number of aromatic nitrogens is 2. The van der Waals surface area contributed by atoms with Crippen LogP contribution in [-0.4, -0.2) is 42.2 Å². The number of carbonyl (C=O) groups excluding carboxylic acids is 1. The van der Waals surface area contributed by atoms with Crippen LogP contribution in [-0.2, 0) is 9.84 Å². The van der Waals surface area contributed by atoms with Crippen molar-refractivity contribution in [2.45, 2.75) is 32.7 Å². The zero-order valence-electron chi connectivity index (χ0n) is 14.4. The molecule has 8 heteroatoms. The second-order valence-corrected chi connectivity index (χ2v) is 10.0. The minimum Gasteiger partial charge on any atom is -0.351 e. The van der Waals surface area contributed by atoms with Crippen LogP contribution in [0.3, 0.4) is 0 Å². The molecule has 0 bridgehead atoms. The van der Waals surface area contributed by atoms with E-state index >= 15 is 0 Å². The van der Waals surface area contributed by atoms with Gasteiger partial charge in [0.1, 0.15) is 0 Å². The third-order valence-corrected chi connectivity index (χ3v) is 6.95. The number of carbonyl (C=O) groups is 1. The molecule has 0 saturated carbocycles. The highest BCUT2D eigenvalue weighted by atomic mass is 32.2. The Hall–Kier alpha value is -1.67. The first-order valence-electron chi connectivity index (χ1n) is 8.48. The molecule has 6 nitrogen and oxygen atoms in total. The highest BCUT2D eigenvalue weighted by molar-refractivity contribution is 7.91. The Bertz CT molecular complexity index is 839. The zero-order valence-corrected chi connectivity index (χ0v) is 16.1. The fourth-order valence-corrected chi connectivity index (χ4v) is 5.35. The average molecular weight is 382 g/mol. The molecule has 0 radical (unpaired) electrons. The Balaban J connectivity index is 1.86. The summed E-state index contributed by atoms with van der Waals surface area (Å²) < 4.78 is 25.4. The van der Waals surface area contributed by atoms with Gasteiger partial charge in [0.05, 0.1) is 28.1 Å². The van der Waals surface area contributed by atoms with Gasteiger partial charge in [-0.15, -0.1) is 11.3 Å². The molecule has 3 heterocycles. The van der Waals surface area contributed by atoms with Gasteiger partial charge < -0.3 is 5.32 Å². The van der Waals surface area contributed by atoms with Crippen LogP contribution < -0.4 is 5.32 Å². The molecular weight excluding hydrogens is 358 g/mol. The maximum Gasteiger partial charge on any atom is 0.271 e. The van der Waals surface area contributed by atoms with Crippen LogP contribution in [0.5, 0.6) is 0 Å². The third kappa shape index (κ3) is 4.30. The Labute approximate surface area is 152 Å². The maximum atomic E-state index is 12.4. The van der Waals surface area contributed by atoms with Crippen molar-refractivity contribution in [1.29, 1.82) is 0 Å². The second kappa shape index (κ2) is 7.29. The molecule has 2 aromatic rings. The molecular formula is C17H23N3O3S2. The van der Waals surface area contributed by atoms with Crippen molar-refractivity contribution in [1.82, 2.24) is 15.1 Å². The Morgan fingerprint density at radius 1 is 1.48 bits per heavy atom. The van der Waals surface area contributed by atoms with Gasteiger partial charge >= 0.3 is 0 Å². The fourth-order valence-electron chi connectivity index (χ4n) is 2.93. The van der Waals surface area contributed by atoms with Crippen LogP contribution >= 0.6 is 11.3 Å². The molecule has 0 aliphatic carbocycles. The van der Waals surface area contributed by atoms with E-state index in [0.29, 0.717) is 24.6 Å². The summed E-state index contributed by atoms with van der Waals surface area (Å²) in [6.45, 7) is 4.82. The van der Waals surface area contributed by atoms with E-state index in [0.717, 1.165) is 17.0 Å². The minimum atomic E-state index is -3.02. The summed E-state index contributed by atoms with van der Waals surface area (Å²) in [6.07, 6.45) is 1.45. The largest absolute Gasteiger partial charge is 0.351 e. The normalized spacial score (nSPS) is 19.4. The van der Waals surface area contributed by atoms with E-state index in [4.69, 9.17) is 0 Å². The molecule has 0 spiro atoms. The predicted octanol–water partition coefficient (Wildman–Crippen LogP) is 2.75. The van der Waals surface area contributed by atoms with Gasteiger partial charge in [-0.05, 0) is 36.3 Å². The van der Waals surface area contributed by atoms with E-state index in [-0.39, 0.29) is 23.5 Å². The SMILES string of the molecule is CC(C)CCNC(=O)c1cc(-c2cccs2)n([C@@H]2CCS(=O)(=O)C2)n1. The summed E-state index contributed by atoms with van der Waals surface area (Å²) in [6, 6.07) is 5.45. The Morgan fingerprint density at radius 2 is 2.28 bits per heavy atom. The smallest absolute Gasteiger partial charge is 0.271 e. The summed E-state index contributed by atoms with van der Waals surface area (Å²) in [7, 11) is -3.02. The lowest BCUT2D eigenvalue weighted by molar-refractivity contribution is 0.0946. The summed E-state index contributed by atoms with van der Waals surface area (Å²) in [5, 5.41) is 9.31. The van der Waals surface area contributed by atoms with Crippen LogP contribution in [0.25, 0.3) is 10.6 Å². The lowest BCUT2D eigenvalue weighted by Crippen LogP contribution is -2.26. The van der Waals surface area contributed by atoms with Crippen molar-refractivity contribution in [3.8, 4) is 10.6 Å². The van der Waals surface area contributed by atoms with Crippen LogP contribution in [0.1, 0.15) is 43.2 Å². The van der Waals surface area contributed by atoms with Gasteiger partial charge in [-0.3, -0.25) is 9.48 Å². The standard InChI is InChI=1S/C17H23N3O3S2/c1-12(2)5-7-18-17(21)14-10-15(16-4-3-8-24-16)20(19-14)13-6-9-25(22,23)11-13/h3-4,8,10,12-13H,5-7,9,11H2,1-2H3,(H,18,21)/t13-/m1/s1. The summed E-state index contributed by atoms with van der Waals surface area (Å²) in [5.41, 5.74) is 1.16. The molecule has 3 rings (SSSR count). The summed E-state index contributed by atoms with van der Waals surface area (Å²) in [4.78, 5) is 13.4.